The summed E-state index contributed by atoms with van der Waals surface area (Å²) < 4.78 is 19.3. The minimum Gasteiger partial charge on any atom is -0.480 e. The van der Waals surface area contributed by atoms with Crippen LogP contribution in [0.3, 0.4) is 0 Å². The average molecular weight is 372 g/mol. The van der Waals surface area contributed by atoms with Gasteiger partial charge in [0.25, 0.3) is 0 Å². The van der Waals surface area contributed by atoms with Gasteiger partial charge in [-0.15, -0.1) is 0 Å². The van der Waals surface area contributed by atoms with Crippen molar-refractivity contribution in [1.82, 2.24) is 0 Å². The summed E-state index contributed by atoms with van der Waals surface area (Å²) in [5, 5.41) is 18.2. The Morgan fingerprint density at radius 3 is 2.64 bits per heavy atom. The maximum atomic E-state index is 14.3. The molecule has 134 valence electrons. The fourth-order valence-corrected chi connectivity index (χ4v) is 3.54. The number of nitrogens with zero attached hydrogens (tertiary/aromatic N) is 1. The summed E-state index contributed by atoms with van der Waals surface area (Å²) in [5.74, 6) is -4.68. The topological polar surface area (TPSA) is 104 Å². The molecule has 0 bridgehead atoms. The highest BCUT2D eigenvalue weighted by molar-refractivity contribution is 6.32. The second-order valence-corrected chi connectivity index (χ2v) is 6.52. The molecule has 1 saturated carbocycles. The molecule has 0 aromatic heterocycles. The number of amides is 2. The van der Waals surface area contributed by atoms with Gasteiger partial charge in [0.1, 0.15) is 11.6 Å². The van der Waals surface area contributed by atoms with Crippen LogP contribution >= 0.6 is 11.6 Å². The molecule has 25 heavy (non-hydrogen) atoms. The Morgan fingerprint density at radius 1 is 1.28 bits per heavy atom. The maximum absolute atomic E-state index is 14.3. The molecule has 1 aliphatic heterocycles. The van der Waals surface area contributed by atoms with Crippen molar-refractivity contribution in [2.24, 2.45) is 11.8 Å². The van der Waals surface area contributed by atoms with Crippen molar-refractivity contribution in [3.63, 3.8) is 0 Å². The van der Waals surface area contributed by atoms with E-state index < -0.39 is 48.1 Å². The first-order chi connectivity index (χ1) is 11.8. The molecule has 9 heteroatoms. The molecule has 3 atom stereocenters. The minimum atomic E-state index is -1.25. The first-order valence-electron chi connectivity index (χ1n) is 7.69. The molecule has 2 amide bonds. The zero-order chi connectivity index (χ0) is 18.3. The number of aliphatic hydroxyl groups is 1. The molecule has 2 fully saturated rings. The minimum absolute atomic E-state index is 0.143. The Kier molecular flexibility index (Phi) is 4.66. The highest BCUT2D eigenvalue weighted by atomic mass is 35.5. The second-order valence-electron chi connectivity index (χ2n) is 6.11. The van der Waals surface area contributed by atoms with Crippen LogP contribution in [0.5, 0.6) is 5.75 Å². The smallest absolute Gasteiger partial charge is 0.341 e. The summed E-state index contributed by atoms with van der Waals surface area (Å²) >= 11 is 5.83. The van der Waals surface area contributed by atoms with E-state index in [0.29, 0.717) is 12.8 Å². The number of aliphatic carboxylic acids is 1. The van der Waals surface area contributed by atoms with Gasteiger partial charge in [-0.2, -0.15) is 0 Å². The van der Waals surface area contributed by atoms with Crippen molar-refractivity contribution in [2.45, 2.75) is 25.4 Å². The molecule has 2 N–H and O–H groups in total. The van der Waals surface area contributed by atoms with E-state index in [1.165, 1.54) is 0 Å². The largest absolute Gasteiger partial charge is 0.480 e. The van der Waals surface area contributed by atoms with Gasteiger partial charge in [0, 0.05) is 6.07 Å². The monoisotopic (exact) mass is 371 g/mol. The third kappa shape index (κ3) is 3.19. The Balaban J connectivity index is 1.95. The lowest BCUT2D eigenvalue weighted by Gasteiger charge is -2.24. The number of carboxylic acids is 1. The van der Waals surface area contributed by atoms with Crippen LogP contribution in [0, 0.1) is 17.7 Å². The molecule has 3 rings (SSSR count). The number of aliphatic hydroxyl groups excluding tert-OH is 1. The molecule has 1 saturated heterocycles. The van der Waals surface area contributed by atoms with E-state index in [9.17, 15) is 23.9 Å². The predicted molar refractivity (Wildman–Crippen MR) is 83.9 cm³/mol. The third-order valence-electron chi connectivity index (χ3n) is 4.49. The molecule has 2 aliphatic rings. The number of carbonyl (C=O) groups excluding carboxylic acids is 2. The molecule has 3 unspecified atom stereocenters. The number of imide groups is 1. The van der Waals surface area contributed by atoms with Crippen molar-refractivity contribution in [3.8, 4) is 5.75 Å². The summed E-state index contributed by atoms with van der Waals surface area (Å²) in [6.07, 6.45) is 0.250. The highest BCUT2D eigenvalue weighted by Gasteiger charge is 2.51. The molecule has 1 aromatic carbocycles. The Bertz CT molecular complexity index is 754. The molecule has 0 spiro atoms. The van der Waals surface area contributed by atoms with Crippen molar-refractivity contribution in [3.05, 3.63) is 23.0 Å². The van der Waals surface area contributed by atoms with Gasteiger partial charge in [-0.1, -0.05) is 11.6 Å². The molecule has 1 aliphatic carbocycles. The second kappa shape index (κ2) is 6.61. The maximum Gasteiger partial charge on any atom is 0.341 e. The lowest BCUT2D eigenvalue weighted by Crippen LogP contribution is -2.32. The summed E-state index contributed by atoms with van der Waals surface area (Å²) in [4.78, 5) is 36.5. The number of ether oxygens (including phenoxy) is 1. The fraction of sp³-hybridized carbons (Fsp3) is 0.438. The Labute approximate surface area is 146 Å². The van der Waals surface area contributed by atoms with Crippen LogP contribution in [0.15, 0.2) is 12.1 Å². The number of benzene rings is 1. The van der Waals surface area contributed by atoms with Gasteiger partial charge in [-0.05, 0) is 25.3 Å². The van der Waals surface area contributed by atoms with E-state index in [1.807, 2.05) is 0 Å². The molecule has 1 heterocycles. The number of hydrogen-bond donors (Lipinski definition) is 2. The lowest BCUT2D eigenvalue weighted by atomic mass is 9.80. The standard InChI is InChI=1S/C16H15ClFNO6/c17-10-4-11(18)12(5-13(10)25-6-14(21)22)19-15(23)8-2-1-7(20)3-9(8)16(19)24/h4-5,7-9,20H,1-3,6H2,(H,21,22). The summed E-state index contributed by atoms with van der Waals surface area (Å²) in [5.41, 5.74) is -0.330. The van der Waals surface area contributed by atoms with E-state index in [2.05, 4.69) is 0 Å². The van der Waals surface area contributed by atoms with Gasteiger partial charge in [0.05, 0.1) is 28.6 Å². The van der Waals surface area contributed by atoms with Crippen LogP contribution in [0.1, 0.15) is 19.3 Å². The first kappa shape index (κ1) is 17.6. The van der Waals surface area contributed by atoms with Crippen LogP contribution in [-0.2, 0) is 14.4 Å². The van der Waals surface area contributed by atoms with Crippen molar-refractivity contribution in [2.75, 3.05) is 11.5 Å². The van der Waals surface area contributed by atoms with Gasteiger partial charge >= 0.3 is 5.97 Å². The van der Waals surface area contributed by atoms with Crippen LogP contribution in [-0.4, -0.2) is 40.7 Å². The zero-order valence-corrected chi connectivity index (χ0v) is 13.7. The van der Waals surface area contributed by atoms with Gasteiger partial charge in [-0.3, -0.25) is 9.59 Å². The fourth-order valence-electron chi connectivity index (χ4n) is 3.33. The summed E-state index contributed by atoms with van der Waals surface area (Å²) in [7, 11) is 0. The van der Waals surface area contributed by atoms with E-state index in [4.69, 9.17) is 21.4 Å². The third-order valence-corrected chi connectivity index (χ3v) is 4.79. The normalized spacial score (nSPS) is 25.9. The Morgan fingerprint density at radius 2 is 1.96 bits per heavy atom. The molecule has 7 nitrogen and oxygen atoms in total. The number of carbonyl (C=O) groups is 3. The van der Waals surface area contributed by atoms with Crippen molar-refractivity contribution < 1.29 is 33.7 Å². The zero-order valence-electron chi connectivity index (χ0n) is 12.9. The number of carboxylic acid groups (broad SMARTS) is 1. The first-order valence-corrected chi connectivity index (χ1v) is 8.07. The SMILES string of the molecule is O=C(O)COc1cc(N2C(=O)C3CCC(O)CC3C2=O)c(F)cc1Cl. The molecule has 0 radical (unpaired) electrons. The Hall–Kier alpha value is -2.19. The van der Waals surface area contributed by atoms with Crippen molar-refractivity contribution >= 4 is 35.1 Å². The number of hydrogen-bond acceptors (Lipinski definition) is 5. The van der Waals surface area contributed by atoms with Crippen LogP contribution in [0.4, 0.5) is 10.1 Å². The number of fused-ring (bicyclic) bond motifs is 1. The van der Waals surface area contributed by atoms with Crippen molar-refractivity contribution in [1.29, 1.82) is 0 Å². The van der Waals surface area contributed by atoms with Gasteiger partial charge in [-0.25, -0.2) is 14.1 Å². The highest BCUT2D eigenvalue weighted by Crippen LogP contribution is 2.42. The van der Waals surface area contributed by atoms with E-state index in [0.717, 1.165) is 17.0 Å². The van der Waals surface area contributed by atoms with Gasteiger partial charge in [0.15, 0.2) is 6.61 Å². The van der Waals surface area contributed by atoms with E-state index >= 15 is 0 Å². The van der Waals surface area contributed by atoms with E-state index in [1.54, 1.807) is 0 Å². The number of halogens is 2. The van der Waals surface area contributed by atoms with Gasteiger partial charge in [0.2, 0.25) is 11.8 Å². The summed E-state index contributed by atoms with van der Waals surface area (Å²) in [6.45, 7) is -0.704. The lowest BCUT2D eigenvalue weighted by molar-refractivity contribution is -0.139. The molecular formula is C16H15ClFNO6. The molecule has 1 aromatic rings. The van der Waals surface area contributed by atoms with E-state index in [-0.39, 0.29) is 22.9 Å². The van der Waals surface area contributed by atoms with Crippen LogP contribution in [0.2, 0.25) is 5.02 Å². The van der Waals surface area contributed by atoms with Crippen LogP contribution < -0.4 is 9.64 Å². The van der Waals surface area contributed by atoms with Gasteiger partial charge < -0.3 is 14.9 Å². The number of anilines is 1. The average Bonchev–Trinajstić information content (AvgIpc) is 2.78. The van der Waals surface area contributed by atoms with Crippen LogP contribution in [0.25, 0.3) is 0 Å². The number of rotatable bonds is 4. The summed E-state index contributed by atoms with van der Waals surface area (Å²) in [6, 6.07) is 1.91. The quantitative estimate of drug-likeness (QED) is 0.779. The predicted octanol–water partition coefficient (Wildman–Crippen LogP) is 1.59. The molecular weight excluding hydrogens is 357 g/mol.